The number of rotatable bonds is 9. The van der Waals surface area contributed by atoms with Gasteiger partial charge in [-0.25, -0.2) is 22.5 Å². The van der Waals surface area contributed by atoms with Crippen molar-refractivity contribution in [1.29, 1.82) is 0 Å². The van der Waals surface area contributed by atoms with Crippen molar-refractivity contribution in [2.45, 2.75) is 62.2 Å². The molecule has 2 aromatic rings. The number of hydrogen-bond donors (Lipinski definition) is 4. The van der Waals surface area contributed by atoms with E-state index in [4.69, 9.17) is 0 Å². The molecule has 0 radical (unpaired) electrons. The van der Waals surface area contributed by atoms with Crippen molar-refractivity contribution in [2.75, 3.05) is 24.2 Å². The molecule has 0 bridgehead atoms. The van der Waals surface area contributed by atoms with Crippen LogP contribution in [0.2, 0.25) is 0 Å². The summed E-state index contributed by atoms with van der Waals surface area (Å²) < 4.78 is 39.8. The van der Waals surface area contributed by atoms with E-state index in [1.165, 1.54) is 19.3 Å². The number of nitrogens with zero attached hydrogens (tertiary/aromatic N) is 3. The summed E-state index contributed by atoms with van der Waals surface area (Å²) in [5.41, 5.74) is 1.12. The lowest BCUT2D eigenvalue weighted by Crippen LogP contribution is -2.29. The highest BCUT2D eigenvalue weighted by molar-refractivity contribution is 7.89. The highest BCUT2D eigenvalue weighted by atomic mass is 32.2. The van der Waals surface area contributed by atoms with Crippen LogP contribution in [-0.4, -0.2) is 60.4 Å². The standard InChI is InChI=1S/C20H29FN6O3S/c1-3-13(21)10-24-20-25-12-17(18-9-8-16(11-23-18)31(29,30)22-2)19(27-20)26-14-4-6-15(28)7-5-14/h8-9,11-15,22,28H,3-7,10H2,1-2H3,(H2,24,25,26,27). The molecule has 0 aromatic carbocycles. The molecule has 9 nitrogen and oxygen atoms in total. The van der Waals surface area contributed by atoms with Crippen molar-refractivity contribution >= 4 is 21.8 Å². The smallest absolute Gasteiger partial charge is 0.241 e. The number of aliphatic hydroxyl groups is 1. The Labute approximate surface area is 182 Å². The summed E-state index contributed by atoms with van der Waals surface area (Å²) >= 11 is 0. The second-order valence-corrected chi connectivity index (χ2v) is 9.47. The van der Waals surface area contributed by atoms with Crippen LogP contribution < -0.4 is 15.4 Å². The first-order chi connectivity index (χ1) is 14.8. The van der Waals surface area contributed by atoms with Gasteiger partial charge in [-0.3, -0.25) is 4.98 Å². The van der Waals surface area contributed by atoms with Crippen LogP contribution in [0.1, 0.15) is 39.0 Å². The number of pyridine rings is 1. The molecule has 1 saturated carbocycles. The molecule has 2 heterocycles. The minimum Gasteiger partial charge on any atom is -0.393 e. The molecule has 0 spiro atoms. The van der Waals surface area contributed by atoms with Crippen LogP contribution in [0.3, 0.4) is 0 Å². The Kier molecular flexibility index (Phi) is 7.74. The first-order valence-corrected chi connectivity index (χ1v) is 11.9. The van der Waals surface area contributed by atoms with Gasteiger partial charge in [-0.1, -0.05) is 6.92 Å². The predicted molar refractivity (Wildman–Crippen MR) is 117 cm³/mol. The molecule has 1 unspecified atom stereocenters. The fraction of sp³-hybridized carbons (Fsp3) is 0.550. The first-order valence-electron chi connectivity index (χ1n) is 10.4. The topological polar surface area (TPSA) is 129 Å². The monoisotopic (exact) mass is 452 g/mol. The average Bonchev–Trinajstić information content (AvgIpc) is 2.79. The highest BCUT2D eigenvalue weighted by Crippen LogP contribution is 2.29. The third kappa shape index (κ3) is 6.08. The van der Waals surface area contributed by atoms with Gasteiger partial charge in [0.25, 0.3) is 0 Å². The summed E-state index contributed by atoms with van der Waals surface area (Å²) in [7, 11) is -2.25. The van der Waals surface area contributed by atoms with Gasteiger partial charge in [-0.2, -0.15) is 4.98 Å². The van der Waals surface area contributed by atoms with E-state index in [1.54, 1.807) is 19.2 Å². The Morgan fingerprint density at radius 2 is 1.94 bits per heavy atom. The lowest BCUT2D eigenvalue weighted by molar-refractivity contribution is 0.126. The Morgan fingerprint density at radius 3 is 2.55 bits per heavy atom. The van der Waals surface area contributed by atoms with E-state index in [1.807, 2.05) is 0 Å². The second-order valence-electron chi connectivity index (χ2n) is 7.58. The van der Waals surface area contributed by atoms with Crippen molar-refractivity contribution in [1.82, 2.24) is 19.7 Å². The summed E-state index contributed by atoms with van der Waals surface area (Å²) in [5, 5.41) is 16.1. The molecule has 0 saturated heterocycles. The maximum absolute atomic E-state index is 13.6. The van der Waals surface area contributed by atoms with Gasteiger partial charge >= 0.3 is 0 Å². The zero-order valence-corrected chi connectivity index (χ0v) is 18.5. The number of sulfonamides is 1. The van der Waals surface area contributed by atoms with Crippen LogP contribution in [0.4, 0.5) is 16.2 Å². The van der Waals surface area contributed by atoms with Crippen molar-refractivity contribution in [3.8, 4) is 11.3 Å². The molecule has 3 rings (SSSR count). The maximum Gasteiger partial charge on any atom is 0.241 e. The fourth-order valence-electron chi connectivity index (χ4n) is 3.34. The van der Waals surface area contributed by atoms with Crippen molar-refractivity contribution < 1.29 is 17.9 Å². The third-order valence-corrected chi connectivity index (χ3v) is 6.74. The van der Waals surface area contributed by atoms with Crippen molar-refractivity contribution in [3.63, 3.8) is 0 Å². The fourth-order valence-corrected chi connectivity index (χ4v) is 4.02. The SMILES string of the molecule is CCC(F)CNc1ncc(-c2ccc(S(=O)(=O)NC)cn2)c(NC2CCC(O)CC2)n1. The van der Waals surface area contributed by atoms with Crippen LogP contribution >= 0.6 is 0 Å². The van der Waals surface area contributed by atoms with Crippen molar-refractivity contribution in [3.05, 3.63) is 24.5 Å². The average molecular weight is 453 g/mol. The maximum atomic E-state index is 13.6. The van der Waals surface area contributed by atoms with Gasteiger partial charge in [0.1, 0.15) is 16.9 Å². The van der Waals surface area contributed by atoms with Gasteiger partial charge in [0.15, 0.2) is 0 Å². The molecule has 4 N–H and O–H groups in total. The summed E-state index contributed by atoms with van der Waals surface area (Å²) in [5.74, 6) is 0.829. The number of alkyl halides is 1. The van der Waals surface area contributed by atoms with Gasteiger partial charge in [0, 0.05) is 25.0 Å². The van der Waals surface area contributed by atoms with E-state index in [9.17, 15) is 17.9 Å². The molecule has 0 aliphatic heterocycles. The highest BCUT2D eigenvalue weighted by Gasteiger charge is 2.22. The Balaban J connectivity index is 1.88. The molecular formula is C20H29FN6O3S. The summed E-state index contributed by atoms with van der Waals surface area (Å²) in [6.45, 7) is 1.88. The Hall–Kier alpha value is -2.37. The third-order valence-electron chi connectivity index (χ3n) is 5.34. The molecule has 1 aliphatic carbocycles. The molecule has 31 heavy (non-hydrogen) atoms. The number of halogens is 1. The van der Waals surface area contributed by atoms with E-state index in [2.05, 4.69) is 30.3 Å². The summed E-state index contributed by atoms with van der Waals surface area (Å²) in [6, 6.07) is 3.19. The molecule has 1 fully saturated rings. The number of aromatic nitrogens is 3. The second kappa shape index (κ2) is 10.3. The van der Waals surface area contributed by atoms with Crippen LogP contribution in [0.15, 0.2) is 29.4 Å². The van der Waals surface area contributed by atoms with Crippen LogP contribution in [0.25, 0.3) is 11.3 Å². The van der Waals surface area contributed by atoms with Gasteiger partial charge < -0.3 is 15.7 Å². The van der Waals surface area contributed by atoms with Crippen molar-refractivity contribution in [2.24, 2.45) is 0 Å². The quantitative estimate of drug-likeness (QED) is 0.456. The van der Waals surface area contributed by atoms with E-state index in [0.29, 0.717) is 42.3 Å². The Morgan fingerprint density at radius 1 is 1.19 bits per heavy atom. The minimum atomic E-state index is -3.59. The van der Waals surface area contributed by atoms with E-state index >= 15 is 0 Å². The van der Waals surface area contributed by atoms with Gasteiger partial charge in [-0.05, 0) is 51.3 Å². The molecule has 1 atom stereocenters. The van der Waals surface area contributed by atoms with Gasteiger partial charge in [0.05, 0.1) is 17.4 Å². The molecule has 0 amide bonds. The zero-order valence-electron chi connectivity index (χ0n) is 17.7. The van der Waals surface area contributed by atoms with E-state index in [0.717, 1.165) is 12.8 Å². The molecule has 170 valence electrons. The summed E-state index contributed by atoms with van der Waals surface area (Å²) in [4.78, 5) is 13.1. The zero-order chi connectivity index (χ0) is 22.4. The van der Waals surface area contributed by atoms with Gasteiger partial charge in [-0.15, -0.1) is 0 Å². The molecule has 11 heteroatoms. The lowest BCUT2D eigenvalue weighted by atomic mass is 9.93. The number of anilines is 2. The lowest BCUT2D eigenvalue weighted by Gasteiger charge is -2.27. The van der Waals surface area contributed by atoms with E-state index in [-0.39, 0.29) is 23.6 Å². The van der Waals surface area contributed by atoms with Gasteiger partial charge in [0.2, 0.25) is 16.0 Å². The van der Waals surface area contributed by atoms with Crippen LogP contribution in [0.5, 0.6) is 0 Å². The van der Waals surface area contributed by atoms with Crippen LogP contribution in [0, 0.1) is 0 Å². The normalized spacial score (nSPS) is 20.3. The largest absolute Gasteiger partial charge is 0.393 e. The Bertz CT molecular complexity index is 965. The number of hydrogen-bond acceptors (Lipinski definition) is 8. The van der Waals surface area contributed by atoms with Crippen LogP contribution in [-0.2, 0) is 10.0 Å². The minimum absolute atomic E-state index is 0.0577. The first kappa shape index (κ1) is 23.3. The summed E-state index contributed by atoms with van der Waals surface area (Å²) in [6.07, 6.45) is 4.99. The molecular weight excluding hydrogens is 423 g/mol. The molecule has 2 aromatic heterocycles. The molecule has 1 aliphatic rings. The number of nitrogens with one attached hydrogen (secondary N) is 3. The van der Waals surface area contributed by atoms with E-state index < -0.39 is 16.2 Å². The predicted octanol–water partition coefficient (Wildman–Crippen LogP) is 2.32. The number of aliphatic hydroxyl groups excluding tert-OH is 1.